The van der Waals surface area contributed by atoms with Crippen LogP contribution in [0.15, 0.2) is 0 Å². The molecule has 0 aromatic carbocycles. The highest BCUT2D eigenvalue weighted by atomic mass is 16.7. The van der Waals surface area contributed by atoms with E-state index >= 15 is 0 Å². The van der Waals surface area contributed by atoms with E-state index in [1.807, 2.05) is 27.7 Å². The van der Waals surface area contributed by atoms with Crippen LogP contribution in [0.2, 0.25) is 0 Å². The van der Waals surface area contributed by atoms with Gasteiger partial charge in [-0.2, -0.15) is 10.1 Å². The summed E-state index contributed by atoms with van der Waals surface area (Å²) in [5.41, 5.74) is -1.34. The Bertz CT molecular complexity index is 430. The number of nitrogens with zero attached hydrogens (tertiary/aromatic N) is 2. The predicted molar refractivity (Wildman–Crippen MR) is 91.1 cm³/mol. The second kappa shape index (κ2) is 5.67. The maximum Gasteiger partial charge on any atom is 0.125 e. The van der Waals surface area contributed by atoms with E-state index in [2.05, 4.69) is 32.8 Å². The lowest BCUT2D eigenvalue weighted by atomic mass is 9.77. The van der Waals surface area contributed by atoms with Gasteiger partial charge in [-0.3, -0.25) is 4.84 Å². The summed E-state index contributed by atoms with van der Waals surface area (Å²) < 4.78 is 0. The number of hydrogen-bond donors (Lipinski definition) is 2. The Balaban J connectivity index is 2.30. The lowest BCUT2D eigenvalue weighted by Gasteiger charge is -2.58. The number of rotatable bonds is 2. The Morgan fingerprint density at radius 1 is 0.870 bits per heavy atom. The minimum atomic E-state index is -0.676. The summed E-state index contributed by atoms with van der Waals surface area (Å²) in [5, 5.41) is 24.8. The fourth-order valence-corrected chi connectivity index (χ4v) is 4.65. The zero-order valence-electron chi connectivity index (χ0n) is 16.2. The highest BCUT2D eigenvalue weighted by Gasteiger charge is 2.55. The summed E-state index contributed by atoms with van der Waals surface area (Å²) >= 11 is 0. The molecule has 5 nitrogen and oxygen atoms in total. The third-order valence-corrected chi connectivity index (χ3v) is 5.77. The highest BCUT2D eigenvalue weighted by molar-refractivity contribution is 5.04. The van der Waals surface area contributed by atoms with Crippen LogP contribution in [0, 0.1) is 0 Å². The van der Waals surface area contributed by atoms with Crippen molar-refractivity contribution in [2.24, 2.45) is 0 Å². The van der Waals surface area contributed by atoms with Crippen molar-refractivity contribution in [1.82, 2.24) is 10.1 Å². The first kappa shape index (κ1) is 19.1. The van der Waals surface area contributed by atoms with Crippen molar-refractivity contribution in [2.45, 2.75) is 115 Å². The van der Waals surface area contributed by atoms with Crippen molar-refractivity contribution >= 4 is 0 Å². The minimum absolute atomic E-state index is 0.0925. The molecule has 2 saturated heterocycles. The van der Waals surface area contributed by atoms with Crippen molar-refractivity contribution in [3.05, 3.63) is 0 Å². The lowest BCUT2D eigenvalue weighted by Crippen LogP contribution is -2.71. The Morgan fingerprint density at radius 2 is 1.35 bits per heavy atom. The molecule has 2 aliphatic rings. The second-order valence-corrected chi connectivity index (χ2v) is 9.85. The Kier molecular flexibility index (Phi) is 4.71. The quantitative estimate of drug-likeness (QED) is 0.814. The van der Waals surface area contributed by atoms with E-state index in [0.717, 1.165) is 12.8 Å². The van der Waals surface area contributed by atoms with E-state index in [0.29, 0.717) is 6.42 Å². The van der Waals surface area contributed by atoms with Crippen molar-refractivity contribution in [2.75, 3.05) is 0 Å². The van der Waals surface area contributed by atoms with E-state index in [4.69, 9.17) is 4.84 Å². The summed E-state index contributed by atoms with van der Waals surface area (Å²) in [5.74, 6) is 0. The van der Waals surface area contributed by atoms with Gasteiger partial charge in [0.25, 0.3) is 0 Å². The van der Waals surface area contributed by atoms with Gasteiger partial charge in [-0.15, -0.1) is 0 Å². The van der Waals surface area contributed by atoms with Crippen LogP contribution in [0.1, 0.15) is 81.1 Å². The van der Waals surface area contributed by atoms with Crippen molar-refractivity contribution in [1.29, 1.82) is 0 Å². The molecule has 0 radical (unpaired) electrons. The smallest absolute Gasteiger partial charge is 0.125 e. The molecule has 2 unspecified atom stereocenters. The maximum absolute atomic E-state index is 10.7. The molecule has 0 saturated carbocycles. The normalized spacial score (nSPS) is 36.8. The van der Waals surface area contributed by atoms with Gasteiger partial charge in [0.1, 0.15) is 6.10 Å². The van der Waals surface area contributed by atoms with E-state index < -0.39 is 23.3 Å². The molecule has 2 atom stereocenters. The van der Waals surface area contributed by atoms with Crippen LogP contribution in [0.5, 0.6) is 0 Å². The molecule has 5 heteroatoms. The Hall–Kier alpha value is -0.200. The van der Waals surface area contributed by atoms with Gasteiger partial charge in [-0.05, 0) is 81.1 Å². The first-order chi connectivity index (χ1) is 10.2. The van der Waals surface area contributed by atoms with E-state index in [9.17, 15) is 10.3 Å². The predicted octanol–water partition coefficient (Wildman–Crippen LogP) is 3.34. The molecule has 136 valence electrons. The highest BCUT2D eigenvalue weighted by Crippen LogP contribution is 2.43. The zero-order chi connectivity index (χ0) is 17.8. The first-order valence-corrected chi connectivity index (χ1v) is 8.86. The third-order valence-electron chi connectivity index (χ3n) is 5.77. The van der Waals surface area contributed by atoms with Crippen LogP contribution in [0.4, 0.5) is 0 Å². The molecule has 2 aliphatic heterocycles. The van der Waals surface area contributed by atoms with E-state index in [1.165, 1.54) is 11.5 Å². The molecular formula is C18H36N2O3. The molecule has 0 amide bonds. The SMILES string of the molecule is CC1(C)CCCC(C)(C)N1OC1C(O)CC(C)(C)N(O)C1(C)C. The Labute approximate surface area is 141 Å². The molecule has 0 aliphatic carbocycles. The molecule has 0 spiro atoms. The van der Waals surface area contributed by atoms with Crippen molar-refractivity contribution in [3.63, 3.8) is 0 Å². The van der Waals surface area contributed by atoms with Gasteiger partial charge in [-0.1, -0.05) is 0 Å². The summed E-state index contributed by atoms with van der Waals surface area (Å²) in [7, 11) is 0. The average Bonchev–Trinajstić information content (AvgIpc) is 2.33. The number of aliphatic hydroxyl groups is 1. The van der Waals surface area contributed by atoms with Gasteiger partial charge in [0.15, 0.2) is 0 Å². The number of hydroxylamine groups is 4. The largest absolute Gasteiger partial charge is 0.390 e. The van der Waals surface area contributed by atoms with Crippen LogP contribution < -0.4 is 0 Å². The molecule has 2 fully saturated rings. The summed E-state index contributed by atoms with van der Waals surface area (Å²) in [6.07, 6.45) is 2.69. The van der Waals surface area contributed by atoms with Gasteiger partial charge in [0.05, 0.1) is 11.6 Å². The maximum atomic E-state index is 10.7. The van der Waals surface area contributed by atoms with Gasteiger partial charge in [0, 0.05) is 16.6 Å². The van der Waals surface area contributed by atoms with Crippen LogP contribution >= 0.6 is 0 Å². The topological polar surface area (TPSA) is 56.2 Å². The number of hydrogen-bond acceptors (Lipinski definition) is 5. The lowest BCUT2D eigenvalue weighted by molar-refractivity contribution is -0.374. The average molecular weight is 328 g/mol. The number of piperidine rings is 2. The van der Waals surface area contributed by atoms with Gasteiger partial charge in [0.2, 0.25) is 0 Å². The second-order valence-electron chi connectivity index (χ2n) is 9.85. The molecule has 23 heavy (non-hydrogen) atoms. The van der Waals surface area contributed by atoms with Crippen LogP contribution in [0.3, 0.4) is 0 Å². The van der Waals surface area contributed by atoms with E-state index in [-0.39, 0.29) is 11.1 Å². The monoisotopic (exact) mass is 328 g/mol. The Morgan fingerprint density at radius 3 is 1.83 bits per heavy atom. The molecule has 0 bridgehead atoms. The van der Waals surface area contributed by atoms with Crippen molar-refractivity contribution < 1.29 is 15.2 Å². The van der Waals surface area contributed by atoms with E-state index in [1.54, 1.807) is 0 Å². The number of aliphatic hydroxyl groups excluding tert-OH is 1. The summed E-state index contributed by atoms with van der Waals surface area (Å²) in [6, 6.07) is 0. The van der Waals surface area contributed by atoms with Gasteiger partial charge < -0.3 is 10.3 Å². The standard InChI is InChI=1S/C18H36N2O3/c1-15(2)10-9-11-16(3,4)20(15)23-14-13(21)12-17(5,6)19(22)18(14,7)8/h13-14,21-22H,9-12H2,1-8H3. The summed E-state index contributed by atoms with van der Waals surface area (Å²) in [4.78, 5) is 6.44. The minimum Gasteiger partial charge on any atom is -0.390 e. The zero-order valence-corrected chi connectivity index (χ0v) is 16.2. The molecule has 2 heterocycles. The first-order valence-electron chi connectivity index (χ1n) is 8.86. The fraction of sp³-hybridized carbons (Fsp3) is 1.00. The van der Waals surface area contributed by atoms with Gasteiger partial charge >= 0.3 is 0 Å². The summed E-state index contributed by atoms with van der Waals surface area (Å²) in [6.45, 7) is 16.5. The van der Waals surface area contributed by atoms with Crippen molar-refractivity contribution in [3.8, 4) is 0 Å². The van der Waals surface area contributed by atoms with Crippen LogP contribution in [0.25, 0.3) is 0 Å². The van der Waals surface area contributed by atoms with Crippen LogP contribution in [-0.2, 0) is 4.84 Å². The molecule has 2 N–H and O–H groups in total. The molecule has 0 aromatic rings. The molecule has 0 aromatic heterocycles. The van der Waals surface area contributed by atoms with Crippen LogP contribution in [-0.4, -0.2) is 54.8 Å². The fourth-order valence-electron chi connectivity index (χ4n) is 4.65. The van der Waals surface area contributed by atoms with Gasteiger partial charge in [-0.25, -0.2) is 0 Å². The third kappa shape index (κ3) is 3.31. The molecular weight excluding hydrogens is 292 g/mol. The molecule has 2 rings (SSSR count).